The van der Waals surface area contributed by atoms with E-state index in [0.717, 1.165) is 31.3 Å². The van der Waals surface area contributed by atoms with Crippen LogP contribution in [0.3, 0.4) is 0 Å². The number of carbonyl (C=O) groups excluding carboxylic acids is 2. The third kappa shape index (κ3) is 2.62. The molecule has 0 unspecified atom stereocenters. The summed E-state index contributed by atoms with van der Waals surface area (Å²) in [6.07, 6.45) is 10.8. The summed E-state index contributed by atoms with van der Waals surface area (Å²) in [5.74, 6) is 3.21. The Hall–Kier alpha value is -1.42. The highest BCUT2D eigenvalue weighted by atomic mass is 16.5. The van der Waals surface area contributed by atoms with Crippen LogP contribution < -0.4 is 0 Å². The lowest BCUT2D eigenvalue weighted by molar-refractivity contribution is -0.196. The average Bonchev–Trinajstić information content (AvgIpc) is 3.50. The van der Waals surface area contributed by atoms with E-state index in [4.69, 9.17) is 4.74 Å². The maximum Gasteiger partial charge on any atom is 0.333 e. The highest BCUT2D eigenvalue weighted by molar-refractivity contribution is 5.97. The molecule has 0 aromatic rings. The molecule has 5 aliphatic carbocycles. The van der Waals surface area contributed by atoms with Gasteiger partial charge in [0.25, 0.3) is 0 Å². The van der Waals surface area contributed by atoms with Crippen molar-refractivity contribution in [1.82, 2.24) is 0 Å². The number of aliphatic hydroxyl groups is 1. The molecule has 0 aromatic heterocycles. The van der Waals surface area contributed by atoms with Crippen LogP contribution in [0, 0.1) is 52.3 Å². The molecule has 6 rings (SSSR count). The minimum Gasteiger partial charge on any atom is -0.458 e. The van der Waals surface area contributed by atoms with Gasteiger partial charge in [0.05, 0.1) is 11.0 Å². The van der Waals surface area contributed by atoms with Crippen molar-refractivity contribution in [3.63, 3.8) is 0 Å². The lowest BCUT2D eigenvalue weighted by Gasteiger charge is -2.61. The van der Waals surface area contributed by atoms with E-state index >= 15 is 0 Å². The summed E-state index contributed by atoms with van der Waals surface area (Å²) >= 11 is 0. The second-order valence-electron chi connectivity index (χ2n) is 13.0. The Kier molecular flexibility index (Phi) is 4.57. The van der Waals surface area contributed by atoms with Crippen molar-refractivity contribution in [2.75, 3.05) is 0 Å². The predicted molar refractivity (Wildman–Crippen MR) is 126 cm³/mol. The number of allylic oxidation sites excluding steroid dienone is 1. The summed E-state index contributed by atoms with van der Waals surface area (Å²) in [5, 5.41) is 11.8. The number of hydrogen-bond acceptors (Lipinski definition) is 4. The largest absolute Gasteiger partial charge is 0.458 e. The Morgan fingerprint density at radius 1 is 1.09 bits per heavy atom. The lowest BCUT2D eigenvalue weighted by Crippen LogP contribution is -2.65. The first kappa shape index (κ1) is 22.1. The topological polar surface area (TPSA) is 63.6 Å². The van der Waals surface area contributed by atoms with E-state index < -0.39 is 11.0 Å². The van der Waals surface area contributed by atoms with Gasteiger partial charge in [-0.1, -0.05) is 25.5 Å². The fraction of sp³-hybridized carbons (Fsp3) is 0.793. The molecule has 4 fully saturated rings. The van der Waals surface area contributed by atoms with Crippen LogP contribution in [-0.4, -0.2) is 28.6 Å². The summed E-state index contributed by atoms with van der Waals surface area (Å²) in [5.41, 5.74) is 0.706. The van der Waals surface area contributed by atoms with Gasteiger partial charge in [-0.2, -0.15) is 0 Å². The molecule has 0 saturated heterocycles. The zero-order chi connectivity index (χ0) is 23.5. The molecule has 1 N–H and O–H groups in total. The Bertz CT molecular complexity index is 978. The van der Waals surface area contributed by atoms with Crippen LogP contribution in [0.1, 0.15) is 79.6 Å². The van der Waals surface area contributed by atoms with Gasteiger partial charge in [-0.05, 0) is 112 Å². The van der Waals surface area contributed by atoms with Crippen molar-refractivity contribution in [3.05, 3.63) is 23.3 Å². The summed E-state index contributed by atoms with van der Waals surface area (Å²) < 4.78 is 5.94. The molecular formula is C29H40O4. The standard InChI is InChI=1S/C29H40O4/c1-15-13-23(33-26(31)16(15)2)17(3)19-8-9-20-25-18-14-22(18)29(32)11-6-7-24(30)28(29,5)21(25)10-12-27(19,20)4/h6-7,17-23,25,32H,8-14H2,1-5H3/t17-,18+,19+,20-,21-,22-,23+,25-,27+,28-,29-/m0/s1. The number of hydrogen-bond donors (Lipinski definition) is 1. The Morgan fingerprint density at radius 2 is 1.85 bits per heavy atom. The van der Waals surface area contributed by atoms with E-state index in [1.807, 2.05) is 13.0 Å². The van der Waals surface area contributed by atoms with Crippen molar-refractivity contribution in [1.29, 1.82) is 0 Å². The van der Waals surface area contributed by atoms with Gasteiger partial charge in [0.2, 0.25) is 0 Å². The van der Waals surface area contributed by atoms with Crippen molar-refractivity contribution in [2.45, 2.75) is 91.3 Å². The third-order valence-electron chi connectivity index (χ3n) is 12.1. The Balaban J connectivity index is 1.30. The predicted octanol–water partition coefficient (Wildman–Crippen LogP) is 5.25. The first-order chi connectivity index (χ1) is 15.5. The van der Waals surface area contributed by atoms with Gasteiger partial charge in [-0.25, -0.2) is 4.79 Å². The summed E-state index contributed by atoms with van der Waals surface area (Å²) in [6, 6.07) is 0. The van der Waals surface area contributed by atoms with Crippen molar-refractivity contribution in [3.8, 4) is 0 Å². The highest BCUT2D eigenvalue weighted by Gasteiger charge is 2.75. The molecule has 6 aliphatic rings. The second kappa shape index (κ2) is 6.83. The zero-order valence-corrected chi connectivity index (χ0v) is 20.9. The molecular weight excluding hydrogens is 412 g/mol. The molecule has 0 spiro atoms. The van der Waals surface area contributed by atoms with E-state index in [-0.39, 0.29) is 35.1 Å². The number of fused-ring (bicyclic) bond motifs is 8. The fourth-order valence-electron chi connectivity index (χ4n) is 9.99. The van der Waals surface area contributed by atoms with Gasteiger partial charge < -0.3 is 9.84 Å². The molecule has 4 heteroatoms. The van der Waals surface area contributed by atoms with E-state index in [1.165, 1.54) is 18.4 Å². The van der Waals surface area contributed by atoms with Crippen molar-refractivity contribution >= 4 is 11.8 Å². The quantitative estimate of drug-likeness (QED) is 0.581. The number of cyclic esters (lactones) is 1. The number of ketones is 1. The van der Waals surface area contributed by atoms with Gasteiger partial charge in [0.15, 0.2) is 5.78 Å². The van der Waals surface area contributed by atoms with E-state index in [2.05, 4.69) is 27.7 Å². The molecule has 4 nitrogen and oxygen atoms in total. The van der Waals surface area contributed by atoms with Crippen LogP contribution in [0.25, 0.3) is 0 Å². The van der Waals surface area contributed by atoms with Crippen LogP contribution in [-0.2, 0) is 14.3 Å². The highest BCUT2D eigenvalue weighted by Crippen LogP contribution is 2.76. The molecule has 0 bridgehead atoms. The number of ether oxygens (including phenoxy) is 1. The molecule has 11 atom stereocenters. The van der Waals surface area contributed by atoms with Crippen LogP contribution in [0.4, 0.5) is 0 Å². The maximum atomic E-state index is 13.3. The lowest BCUT2D eigenvalue weighted by atomic mass is 9.43. The van der Waals surface area contributed by atoms with Gasteiger partial charge in [0.1, 0.15) is 6.10 Å². The first-order valence-electron chi connectivity index (χ1n) is 13.3. The van der Waals surface area contributed by atoms with Crippen LogP contribution >= 0.6 is 0 Å². The summed E-state index contributed by atoms with van der Waals surface area (Å²) in [4.78, 5) is 25.7. The molecule has 4 saturated carbocycles. The fourth-order valence-corrected chi connectivity index (χ4v) is 9.99. The van der Waals surface area contributed by atoms with E-state index in [0.29, 0.717) is 36.0 Å². The van der Waals surface area contributed by atoms with Gasteiger partial charge in [-0.15, -0.1) is 0 Å². The monoisotopic (exact) mass is 452 g/mol. The third-order valence-corrected chi connectivity index (χ3v) is 12.1. The summed E-state index contributed by atoms with van der Waals surface area (Å²) in [6.45, 7) is 10.9. The first-order valence-corrected chi connectivity index (χ1v) is 13.3. The Labute approximate surface area is 198 Å². The van der Waals surface area contributed by atoms with Crippen LogP contribution in [0.15, 0.2) is 23.3 Å². The van der Waals surface area contributed by atoms with Gasteiger partial charge >= 0.3 is 5.97 Å². The van der Waals surface area contributed by atoms with Gasteiger partial charge in [-0.3, -0.25) is 4.79 Å². The van der Waals surface area contributed by atoms with Crippen molar-refractivity contribution < 1.29 is 19.4 Å². The second-order valence-corrected chi connectivity index (χ2v) is 13.0. The van der Waals surface area contributed by atoms with Crippen LogP contribution in [0.5, 0.6) is 0 Å². The molecule has 0 aromatic carbocycles. The smallest absolute Gasteiger partial charge is 0.333 e. The van der Waals surface area contributed by atoms with E-state index in [9.17, 15) is 14.7 Å². The molecule has 1 aliphatic heterocycles. The number of rotatable bonds is 2. The van der Waals surface area contributed by atoms with Crippen molar-refractivity contribution in [2.24, 2.45) is 52.3 Å². The normalized spacial score (nSPS) is 53.6. The molecule has 0 radical (unpaired) electrons. The maximum absolute atomic E-state index is 13.3. The van der Waals surface area contributed by atoms with Crippen LogP contribution in [0.2, 0.25) is 0 Å². The SMILES string of the molecule is CC1=C(C)C(=O)O[C@@H]([C@@H](C)[C@H]2CC[C@H]3[C@@H]4[C@@H]5C[C@@H]5[C@@]5(O)CC=CC(=O)[C@]5(C)[C@H]4CC[C@]23C)C1. The molecule has 180 valence electrons. The molecule has 0 amide bonds. The minimum absolute atomic E-state index is 0.0211. The Morgan fingerprint density at radius 3 is 2.58 bits per heavy atom. The number of esters is 1. The minimum atomic E-state index is -0.846. The van der Waals surface area contributed by atoms with Gasteiger partial charge in [0, 0.05) is 12.0 Å². The summed E-state index contributed by atoms with van der Waals surface area (Å²) in [7, 11) is 0. The van der Waals surface area contributed by atoms with E-state index in [1.54, 1.807) is 6.08 Å². The average molecular weight is 453 g/mol. The number of carbonyl (C=O) groups is 2. The zero-order valence-electron chi connectivity index (χ0n) is 20.9. The molecule has 1 heterocycles. The molecule has 33 heavy (non-hydrogen) atoms.